The summed E-state index contributed by atoms with van der Waals surface area (Å²) in [5.41, 5.74) is 0.0542. The number of nitrogens with zero attached hydrogens (tertiary/aromatic N) is 2. The smallest absolute Gasteiger partial charge is 0.340 e. The molecule has 1 aromatic rings. The zero-order chi connectivity index (χ0) is 18.6. The van der Waals surface area contributed by atoms with Crippen LogP contribution in [-0.2, 0) is 17.5 Å². The first kappa shape index (κ1) is 19.2. The highest BCUT2D eigenvalue weighted by Crippen LogP contribution is 2.29. The molecule has 0 bridgehead atoms. The van der Waals surface area contributed by atoms with Crippen molar-refractivity contribution in [3.63, 3.8) is 0 Å². The van der Waals surface area contributed by atoms with Gasteiger partial charge in [0.25, 0.3) is 0 Å². The van der Waals surface area contributed by atoms with Crippen LogP contribution in [0.2, 0.25) is 0 Å². The van der Waals surface area contributed by atoms with E-state index in [9.17, 15) is 18.0 Å². The molecule has 7 heteroatoms. The summed E-state index contributed by atoms with van der Waals surface area (Å²) in [4.78, 5) is 16.3. The van der Waals surface area contributed by atoms with Gasteiger partial charge in [0.2, 0.25) is 5.91 Å². The lowest BCUT2D eigenvalue weighted by Crippen LogP contribution is -2.48. The van der Waals surface area contributed by atoms with Gasteiger partial charge in [-0.25, -0.2) is 0 Å². The normalized spacial score (nSPS) is 22.0. The van der Waals surface area contributed by atoms with Crippen LogP contribution >= 0.6 is 0 Å². The molecule has 1 amide bonds. The van der Waals surface area contributed by atoms with E-state index in [4.69, 9.17) is 0 Å². The fourth-order valence-corrected chi connectivity index (χ4v) is 3.71. The van der Waals surface area contributed by atoms with E-state index in [0.717, 1.165) is 32.0 Å². The number of halogens is 3. The first-order valence-electron chi connectivity index (χ1n) is 9.29. The van der Waals surface area contributed by atoms with Crippen LogP contribution in [-0.4, -0.2) is 55.0 Å². The zero-order valence-electron chi connectivity index (χ0n) is 14.9. The maximum atomic E-state index is 12.8. The Balaban J connectivity index is 1.44. The van der Waals surface area contributed by atoms with Crippen LogP contribution in [0.5, 0.6) is 0 Å². The van der Waals surface area contributed by atoms with Crippen molar-refractivity contribution in [1.82, 2.24) is 15.1 Å². The lowest BCUT2D eigenvalue weighted by Gasteiger charge is -2.35. The number of rotatable bonds is 5. The summed E-state index contributed by atoms with van der Waals surface area (Å²) >= 11 is 0. The molecule has 0 aliphatic carbocycles. The lowest BCUT2D eigenvalue weighted by atomic mass is 10.0. The summed E-state index contributed by atoms with van der Waals surface area (Å²) in [6, 6.07) is 5.49. The molecule has 1 N–H and O–H groups in total. The Morgan fingerprint density at radius 1 is 1.19 bits per heavy atom. The zero-order valence-corrected chi connectivity index (χ0v) is 14.9. The van der Waals surface area contributed by atoms with Crippen LogP contribution in [0.15, 0.2) is 24.3 Å². The van der Waals surface area contributed by atoms with E-state index in [2.05, 4.69) is 10.2 Å². The Labute approximate surface area is 152 Å². The van der Waals surface area contributed by atoms with Gasteiger partial charge in [-0.3, -0.25) is 9.69 Å². The predicted molar refractivity (Wildman–Crippen MR) is 93.5 cm³/mol. The monoisotopic (exact) mass is 369 g/mol. The van der Waals surface area contributed by atoms with Crippen LogP contribution < -0.4 is 5.32 Å². The topological polar surface area (TPSA) is 35.6 Å². The van der Waals surface area contributed by atoms with Gasteiger partial charge in [-0.1, -0.05) is 18.2 Å². The maximum Gasteiger partial charge on any atom is 0.416 e. The average molecular weight is 369 g/mol. The van der Waals surface area contributed by atoms with Crippen molar-refractivity contribution >= 4 is 5.91 Å². The van der Waals surface area contributed by atoms with Crippen molar-refractivity contribution in [3.05, 3.63) is 35.4 Å². The van der Waals surface area contributed by atoms with Gasteiger partial charge in [0.1, 0.15) is 0 Å². The fourth-order valence-electron chi connectivity index (χ4n) is 3.71. The average Bonchev–Trinajstić information content (AvgIpc) is 3.13. The molecular formula is C19H26F3N3O. The summed E-state index contributed by atoms with van der Waals surface area (Å²) in [6.07, 6.45) is -1.62. The number of carbonyl (C=O) groups excluding carboxylic acids is 1. The van der Waals surface area contributed by atoms with Crippen molar-refractivity contribution < 1.29 is 18.0 Å². The molecule has 1 unspecified atom stereocenters. The Bertz CT molecular complexity index is 606. The number of hydrogen-bond acceptors (Lipinski definition) is 3. The predicted octanol–water partition coefficient (Wildman–Crippen LogP) is 2.74. The van der Waals surface area contributed by atoms with Crippen molar-refractivity contribution in [3.8, 4) is 0 Å². The molecule has 4 nitrogen and oxygen atoms in total. The van der Waals surface area contributed by atoms with E-state index in [1.807, 2.05) is 4.90 Å². The van der Waals surface area contributed by atoms with Gasteiger partial charge in [-0.2, -0.15) is 13.2 Å². The highest BCUT2D eigenvalue weighted by atomic mass is 19.4. The maximum absolute atomic E-state index is 12.8. The standard InChI is InChI=1S/C19H26F3N3O/c20-19(21,22)17-3-1-2-16(12-17)14-24-8-10-25(11-9-24)18(26)5-4-15-6-7-23-13-15/h1-3,12,15,23H,4-11,13-14H2. The summed E-state index contributed by atoms with van der Waals surface area (Å²) in [7, 11) is 0. The quantitative estimate of drug-likeness (QED) is 0.867. The molecule has 2 aliphatic rings. The number of piperazine rings is 1. The van der Waals surface area contributed by atoms with E-state index in [0.29, 0.717) is 50.6 Å². The molecule has 0 spiro atoms. The van der Waals surface area contributed by atoms with Gasteiger partial charge >= 0.3 is 6.18 Å². The van der Waals surface area contributed by atoms with Gasteiger partial charge in [-0.05, 0) is 43.5 Å². The Morgan fingerprint density at radius 3 is 2.62 bits per heavy atom. The molecule has 2 aliphatic heterocycles. The van der Waals surface area contributed by atoms with Crippen LogP contribution in [0.3, 0.4) is 0 Å². The number of carbonyl (C=O) groups is 1. The van der Waals surface area contributed by atoms with Gasteiger partial charge in [0.05, 0.1) is 5.56 Å². The molecule has 1 aromatic carbocycles. The van der Waals surface area contributed by atoms with Crippen molar-refractivity contribution in [2.45, 2.75) is 32.0 Å². The van der Waals surface area contributed by atoms with Gasteiger partial charge < -0.3 is 10.2 Å². The SMILES string of the molecule is O=C(CCC1CCNC1)N1CCN(Cc2cccc(C(F)(F)F)c2)CC1. The first-order valence-corrected chi connectivity index (χ1v) is 9.29. The fraction of sp³-hybridized carbons (Fsp3) is 0.632. The minimum Gasteiger partial charge on any atom is -0.340 e. The van der Waals surface area contributed by atoms with Crippen LogP contribution in [0.4, 0.5) is 13.2 Å². The summed E-state index contributed by atoms with van der Waals surface area (Å²) in [5, 5.41) is 3.32. The molecule has 2 heterocycles. The molecule has 2 saturated heterocycles. The number of nitrogens with one attached hydrogen (secondary N) is 1. The van der Waals surface area contributed by atoms with E-state index in [1.54, 1.807) is 6.07 Å². The molecule has 2 fully saturated rings. The second-order valence-corrected chi connectivity index (χ2v) is 7.25. The third-order valence-corrected chi connectivity index (χ3v) is 5.31. The highest BCUT2D eigenvalue weighted by Gasteiger charge is 2.30. The van der Waals surface area contributed by atoms with Crippen LogP contribution in [0.25, 0.3) is 0 Å². The molecule has 0 saturated carbocycles. The number of benzene rings is 1. The Hall–Kier alpha value is -1.60. The second-order valence-electron chi connectivity index (χ2n) is 7.25. The van der Waals surface area contributed by atoms with Gasteiger partial charge in [-0.15, -0.1) is 0 Å². The second kappa shape index (κ2) is 8.39. The van der Waals surface area contributed by atoms with E-state index in [-0.39, 0.29) is 5.91 Å². The number of alkyl halides is 3. The highest BCUT2D eigenvalue weighted by molar-refractivity contribution is 5.76. The third kappa shape index (κ3) is 5.20. The summed E-state index contributed by atoms with van der Waals surface area (Å²) in [6.45, 7) is 5.26. The molecule has 0 radical (unpaired) electrons. The third-order valence-electron chi connectivity index (χ3n) is 5.31. The summed E-state index contributed by atoms with van der Waals surface area (Å²) < 4.78 is 38.4. The van der Waals surface area contributed by atoms with Crippen LogP contribution in [0, 0.1) is 5.92 Å². The molecule has 144 valence electrons. The van der Waals surface area contributed by atoms with Gasteiger partial charge in [0.15, 0.2) is 0 Å². The first-order chi connectivity index (χ1) is 12.4. The largest absolute Gasteiger partial charge is 0.416 e. The molecule has 0 aromatic heterocycles. The lowest BCUT2D eigenvalue weighted by molar-refractivity contribution is -0.137. The molecule has 3 rings (SSSR count). The molecule has 1 atom stereocenters. The van der Waals surface area contributed by atoms with E-state index in [1.165, 1.54) is 12.1 Å². The molecule has 26 heavy (non-hydrogen) atoms. The minimum atomic E-state index is -4.31. The Morgan fingerprint density at radius 2 is 1.96 bits per heavy atom. The van der Waals surface area contributed by atoms with Crippen molar-refractivity contribution in [2.24, 2.45) is 5.92 Å². The van der Waals surface area contributed by atoms with Crippen LogP contribution in [0.1, 0.15) is 30.4 Å². The van der Waals surface area contributed by atoms with Crippen molar-refractivity contribution in [1.29, 1.82) is 0 Å². The van der Waals surface area contributed by atoms with E-state index < -0.39 is 11.7 Å². The Kier molecular flexibility index (Phi) is 6.19. The van der Waals surface area contributed by atoms with E-state index >= 15 is 0 Å². The minimum absolute atomic E-state index is 0.204. The molecular weight excluding hydrogens is 343 g/mol. The van der Waals surface area contributed by atoms with Gasteiger partial charge in [0, 0.05) is 39.1 Å². The number of amides is 1. The summed E-state index contributed by atoms with van der Waals surface area (Å²) in [5.74, 6) is 0.816. The van der Waals surface area contributed by atoms with Crippen molar-refractivity contribution in [2.75, 3.05) is 39.3 Å². The number of hydrogen-bond donors (Lipinski definition) is 1.